The molecule has 2 amide bonds. The molecule has 27 heavy (non-hydrogen) atoms. The predicted molar refractivity (Wildman–Crippen MR) is 107 cm³/mol. The van der Waals surface area contributed by atoms with E-state index < -0.39 is 0 Å². The number of carbonyl (C=O) groups is 2. The van der Waals surface area contributed by atoms with Crippen molar-refractivity contribution in [2.75, 3.05) is 23.8 Å². The first kappa shape index (κ1) is 20.3. The van der Waals surface area contributed by atoms with Gasteiger partial charge in [-0.3, -0.25) is 9.59 Å². The van der Waals surface area contributed by atoms with Crippen LogP contribution in [0.3, 0.4) is 0 Å². The molecule has 2 N–H and O–H groups in total. The van der Waals surface area contributed by atoms with Gasteiger partial charge in [-0.2, -0.15) is 0 Å². The lowest BCUT2D eigenvalue weighted by atomic mass is 10.1. The van der Waals surface area contributed by atoms with Gasteiger partial charge in [0.05, 0.1) is 24.6 Å². The molecule has 0 heterocycles. The highest BCUT2D eigenvalue weighted by molar-refractivity contribution is 6.05. The van der Waals surface area contributed by atoms with Gasteiger partial charge in [-0.1, -0.05) is 32.0 Å². The molecule has 2 rings (SSSR count). The average Bonchev–Trinajstić information content (AvgIpc) is 2.65. The molecule has 2 aromatic rings. The number of nitrogens with one attached hydrogen (secondary N) is 2. The number of hydrogen-bond donors (Lipinski definition) is 2. The van der Waals surface area contributed by atoms with Crippen molar-refractivity contribution in [3.8, 4) is 11.5 Å². The highest BCUT2D eigenvalue weighted by Gasteiger charge is 2.17. The SMILES string of the molecule is CCOc1cc(NC(=O)C(C)C)c(OCC)cc1NC(=O)c1ccccc1. The van der Waals surface area contributed by atoms with Crippen LogP contribution in [0.4, 0.5) is 11.4 Å². The number of hydrogen-bond acceptors (Lipinski definition) is 4. The monoisotopic (exact) mass is 370 g/mol. The standard InChI is InChI=1S/C21H26N2O4/c1-5-26-18-13-17(23-21(25)15-10-8-7-9-11-15)19(27-6-2)12-16(18)22-20(24)14(3)4/h7-14H,5-6H2,1-4H3,(H,22,24)(H,23,25). The van der Waals surface area contributed by atoms with Gasteiger partial charge in [0, 0.05) is 23.6 Å². The van der Waals surface area contributed by atoms with E-state index in [0.717, 1.165) is 0 Å². The molecule has 6 nitrogen and oxygen atoms in total. The molecule has 6 heteroatoms. The Balaban J connectivity index is 2.38. The van der Waals surface area contributed by atoms with E-state index in [0.29, 0.717) is 41.7 Å². The molecule has 0 unspecified atom stereocenters. The number of amides is 2. The fourth-order valence-electron chi connectivity index (χ4n) is 2.37. The summed E-state index contributed by atoms with van der Waals surface area (Å²) in [6.07, 6.45) is 0. The summed E-state index contributed by atoms with van der Waals surface area (Å²) in [4.78, 5) is 24.6. The zero-order valence-corrected chi connectivity index (χ0v) is 16.2. The highest BCUT2D eigenvalue weighted by Crippen LogP contribution is 2.37. The molecule has 0 aliphatic carbocycles. The van der Waals surface area contributed by atoms with Gasteiger partial charge in [0.25, 0.3) is 5.91 Å². The lowest BCUT2D eigenvalue weighted by Gasteiger charge is -2.18. The first-order valence-corrected chi connectivity index (χ1v) is 9.07. The molecule has 0 aromatic heterocycles. The quantitative estimate of drug-likeness (QED) is 0.725. The smallest absolute Gasteiger partial charge is 0.255 e. The number of carbonyl (C=O) groups excluding carboxylic acids is 2. The maximum absolute atomic E-state index is 12.5. The van der Waals surface area contributed by atoms with Crippen molar-refractivity contribution < 1.29 is 19.1 Å². The van der Waals surface area contributed by atoms with Crippen molar-refractivity contribution in [1.29, 1.82) is 0 Å². The van der Waals surface area contributed by atoms with E-state index in [-0.39, 0.29) is 17.7 Å². The third-order valence-corrected chi connectivity index (χ3v) is 3.75. The van der Waals surface area contributed by atoms with Crippen LogP contribution in [0.5, 0.6) is 11.5 Å². The van der Waals surface area contributed by atoms with Crippen LogP contribution in [0.2, 0.25) is 0 Å². The summed E-state index contributed by atoms with van der Waals surface area (Å²) < 4.78 is 11.3. The first-order valence-electron chi connectivity index (χ1n) is 9.07. The summed E-state index contributed by atoms with van der Waals surface area (Å²) in [6, 6.07) is 12.3. The van der Waals surface area contributed by atoms with Gasteiger partial charge in [-0.15, -0.1) is 0 Å². The van der Waals surface area contributed by atoms with Crippen LogP contribution in [-0.4, -0.2) is 25.0 Å². The normalized spacial score (nSPS) is 10.4. The highest BCUT2D eigenvalue weighted by atomic mass is 16.5. The minimum atomic E-state index is -0.252. The topological polar surface area (TPSA) is 76.7 Å². The number of benzene rings is 2. The second-order valence-electron chi connectivity index (χ2n) is 6.17. The van der Waals surface area contributed by atoms with Crippen LogP contribution in [0.25, 0.3) is 0 Å². The Morgan fingerprint density at radius 1 is 0.889 bits per heavy atom. The maximum atomic E-state index is 12.5. The summed E-state index contributed by atoms with van der Waals surface area (Å²) in [6.45, 7) is 8.17. The molecule has 0 spiro atoms. The molecule has 0 aliphatic rings. The Morgan fingerprint density at radius 2 is 1.41 bits per heavy atom. The summed E-state index contributed by atoms with van der Waals surface area (Å²) in [5.74, 6) is 0.382. The van der Waals surface area contributed by atoms with E-state index in [1.54, 1.807) is 36.4 Å². The van der Waals surface area contributed by atoms with E-state index in [1.165, 1.54) is 0 Å². The zero-order valence-electron chi connectivity index (χ0n) is 16.2. The van der Waals surface area contributed by atoms with Gasteiger partial charge in [0.2, 0.25) is 5.91 Å². The van der Waals surface area contributed by atoms with Crippen LogP contribution >= 0.6 is 0 Å². The summed E-state index contributed by atoms with van der Waals surface area (Å²) in [5.41, 5.74) is 1.53. The van der Waals surface area contributed by atoms with Crippen LogP contribution < -0.4 is 20.1 Å². The van der Waals surface area contributed by atoms with E-state index in [9.17, 15) is 9.59 Å². The van der Waals surface area contributed by atoms with E-state index >= 15 is 0 Å². The Morgan fingerprint density at radius 3 is 1.89 bits per heavy atom. The fourth-order valence-corrected chi connectivity index (χ4v) is 2.37. The average molecular weight is 370 g/mol. The Kier molecular flexibility index (Phi) is 7.23. The lowest BCUT2D eigenvalue weighted by Crippen LogP contribution is -2.19. The third-order valence-electron chi connectivity index (χ3n) is 3.75. The van der Waals surface area contributed by atoms with Gasteiger partial charge >= 0.3 is 0 Å². The van der Waals surface area contributed by atoms with Crippen LogP contribution in [0.1, 0.15) is 38.1 Å². The molecule has 0 bridgehead atoms. The largest absolute Gasteiger partial charge is 0.492 e. The van der Waals surface area contributed by atoms with E-state index in [2.05, 4.69) is 10.6 Å². The first-order chi connectivity index (χ1) is 13.0. The zero-order chi connectivity index (χ0) is 19.8. The number of ether oxygens (including phenoxy) is 2. The lowest BCUT2D eigenvalue weighted by molar-refractivity contribution is -0.118. The second-order valence-corrected chi connectivity index (χ2v) is 6.17. The summed E-state index contributed by atoms with van der Waals surface area (Å²) >= 11 is 0. The van der Waals surface area contributed by atoms with Crippen LogP contribution in [-0.2, 0) is 4.79 Å². The Bertz CT molecular complexity index is 788. The van der Waals surface area contributed by atoms with Crippen molar-refractivity contribution >= 4 is 23.2 Å². The van der Waals surface area contributed by atoms with Crippen molar-refractivity contribution in [3.63, 3.8) is 0 Å². The van der Waals surface area contributed by atoms with Crippen molar-refractivity contribution in [2.45, 2.75) is 27.7 Å². The van der Waals surface area contributed by atoms with Crippen molar-refractivity contribution in [3.05, 3.63) is 48.0 Å². The maximum Gasteiger partial charge on any atom is 0.255 e. The molecule has 0 aliphatic heterocycles. The van der Waals surface area contributed by atoms with Crippen molar-refractivity contribution in [2.24, 2.45) is 5.92 Å². The van der Waals surface area contributed by atoms with Crippen LogP contribution in [0, 0.1) is 5.92 Å². The summed E-state index contributed by atoms with van der Waals surface area (Å²) in [7, 11) is 0. The second kappa shape index (κ2) is 9.62. The molecule has 144 valence electrons. The number of anilines is 2. The van der Waals surface area contributed by atoms with Crippen LogP contribution in [0.15, 0.2) is 42.5 Å². The van der Waals surface area contributed by atoms with Crippen molar-refractivity contribution in [1.82, 2.24) is 0 Å². The molecule has 0 radical (unpaired) electrons. The molecule has 0 fully saturated rings. The van der Waals surface area contributed by atoms with Gasteiger partial charge in [0.15, 0.2) is 0 Å². The fraction of sp³-hybridized carbons (Fsp3) is 0.333. The van der Waals surface area contributed by atoms with Gasteiger partial charge in [-0.25, -0.2) is 0 Å². The van der Waals surface area contributed by atoms with E-state index in [4.69, 9.17) is 9.47 Å². The minimum Gasteiger partial charge on any atom is -0.492 e. The Labute approximate surface area is 159 Å². The van der Waals surface area contributed by atoms with E-state index in [1.807, 2.05) is 33.8 Å². The molecular weight excluding hydrogens is 344 g/mol. The van der Waals surface area contributed by atoms with Gasteiger partial charge in [0.1, 0.15) is 11.5 Å². The molecule has 0 saturated heterocycles. The summed E-state index contributed by atoms with van der Waals surface area (Å²) in [5, 5.41) is 5.71. The molecule has 0 saturated carbocycles. The molecular formula is C21H26N2O4. The molecule has 2 aromatic carbocycles. The van der Waals surface area contributed by atoms with Gasteiger partial charge < -0.3 is 20.1 Å². The third kappa shape index (κ3) is 5.48. The molecule has 0 atom stereocenters. The minimum absolute atomic E-state index is 0.125. The van der Waals surface area contributed by atoms with Gasteiger partial charge in [-0.05, 0) is 26.0 Å². The number of rotatable bonds is 8. The predicted octanol–water partition coefficient (Wildman–Crippen LogP) is 4.33. The Hall–Kier alpha value is -3.02.